The van der Waals surface area contributed by atoms with Crippen LogP contribution in [0, 0.1) is 0 Å². The first kappa shape index (κ1) is 10.4. The third kappa shape index (κ3) is 1.99. The highest BCUT2D eigenvalue weighted by molar-refractivity contribution is 5.78. The van der Waals surface area contributed by atoms with Crippen molar-refractivity contribution in [1.82, 2.24) is 0 Å². The molecule has 1 fully saturated rings. The van der Waals surface area contributed by atoms with Gasteiger partial charge in [0.2, 0.25) is 0 Å². The van der Waals surface area contributed by atoms with Crippen LogP contribution < -0.4 is 0 Å². The topological polar surface area (TPSA) is 54.0 Å². The molecule has 0 aromatic rings. The largest absolute Gasteiger partial charge is 0.455 e. The molecule has 0 aliphatic carbocycles. The highest BCUT2D eigenvalue weighted by Gasteiger charge is 2.45. The fourth-order valence-corrected chi connectivity index (χ4v) is 1.41. The van der Waals surface area contributed by atoms with Crippen LogP contribution in [-0.2, 0) is 23.7 Å². The Hall–Kier alpha value is -0.650. The number of hydrogen-bond acceptors (Lipinski definition) is 5. The van der Waals surface area contributed by atoms with Crippen LogP contribution in [0.1, 0.15) is 0 Å². The molecule has 5 heteroatoms. The molecule has 1 saturated heterocycles. The van der Waals surface area contributed by atoms with E-state index in [1.165, 1.54) is 14.2 Å². The second-order valence-corrected chi connectivity index (χ2v) is 2.79. The fraction of sp³-hybridized carbons (Fsp3) is 0.875. The lowest BCUT2D eigenvalue weighted by atomic mass is 10.1. The minimum absolute atomic E-state index is 0.324. The van der Waals surface area contributed by atoms with E-state index in [0.717, 1.165) is 0 Å². The van der Waals surface area contributed by atoms with Gasteiger partial charge in [-0.25, -0.2) is 4.79 Å². The molecule has 1 rings (SSSR count). The Kier molecular flexibility index (Phi) is 3.65. The third-order valence-electron chi connectivity index (χ3n) is 2.02. The fourth-order valence-electron chi connectivity index (χ4n) is 1.41. The van der Waals surface area contributed by atoms with Gasteiger partial charge in [-0.1, -0.05) is 0 Å². The zero-order valence-electron chi connectivity index (χ0n) is 7.98. The van der Waals surface area contributed by atoms with Crippen LogP contribution in [0.2, 0.25) is 0 Å². The van der Waals surface area contributed by atoms with Gasteiger partial charge in [-0.3, -0.25) is 0 Å². The van der Waals surface area contributed by atoms with E-state index in [1.807, 2.05) is 0 Å². The Bertz CT molecular complexity index is 181. The molecule has 0 amide bonds. The molecule has 0 radical (unpaired) electrons. The van der Waals surface area contributed by atoms with E-state index in [2.05, 4.69) is 0 Å². The summed E-state index contributed by atoms with van der Waals surface area (Å²) in [6.45, 7) is 0.324. The van der Waals surface area contributed by atoms with Crippen molar-refractivity contribution in [1.29, 1.82) is 0 Å². The van der Waals surface area contributed by atoms with Crippen molar-refractivity contribution in [2.24, 2.45) is 0 Å². The van der Waals surface area contributed by atoms with Crippen molar-refractivity contribution >= 4 is 5.97 Å². The van der Waals surface area contributed by atoms with Gasteiger partial charge in [0.15, 0.2) is 12.2 Å². The van der Waals surface area contributed by atoms with Gasteiger partial charge in [-0.15, -0.1) is 0 Å². The number of cyclic esters (lactones) is 1. The van der Waals surface area contributed by atoms with Crippen molar-refractivity contribution in [2.45, 2.75) is 18.3 Å². The summed E-state index contributed by atoms with van der Waals surface area (Å²) in [6, 6.07) is 0. The molecule has 5 nitrogen and oxygen atoms in total. The Morgan fingerprint density at radius 3 is 2.46 bits per heavy atom. The second-order valence-electron chi connectivity index (χ2n) is 2.79. The molecule has 1 aliphatic rings. The lowest BCUT2D eigenvalue weighted by Gasteiger charge is -2.17. The van der Waals surface area contributed by atoms with Crippen LogP contribution in [0.15, 0.2) is 0 Å². The minimum Gasteiger partial charge on any atom is -0.455 e. The molecule has 0 N–H and O–H groups in total. The zero-order valence-corrected chi connectivity index (χ0v) is 7.98. The summed E-state index contributed by atoms with van der Waals surface area (Å²) in [4.78, 5) is 11.2. The van der Waals surface area contributed by atoms with Crippen LogP contribution in [0.4, 0.5) is 0 Å². The summed E-state index contributed by atoms with van der Waals surface area (Å²) in [7, 11) is 4.51. The Labute approximate surface area is 76.9 Å². The number of rotatable bonds is 4. The predicted octanol–water partition coefficient (Wildman–Crippen LogP) is -0.412. The summed E-state index contributed by atoms with van der Waals surface area (Å²) < 4.78 is 19.9. The first-order valence-corrected chi connectivity index (χ1v) is 3.99. The van der Waals surface area contributed by atoms with Crippen LogP contribution in [-0.4, -0.2) is 52.2 Å². The Morgan fingerprint density at radius 2 is 2.00 bits per heavy atom. The Balaban J connectivity index is 2.63. The van der Waals surface area contributed by atoms with Crippen LogP contribution >= 0.6 is 0 Å². The average molecular weight is 190 g/mol. The van der Waals surface area contributed by atoms with Gasteiger partial charge in [-0.2, -0.15) is 0 Å². The van der Waals surface area contributed by atoms with E-state index in [9.17, 15) is 4.79 Å². The van der Waals surface area contributed by atoms with Gasteiger partial charge in [0, 0.05) is 21.3 Å². The molecule has 0 saturated carbocycles. The summed E-state index contributed by atoms with van der Waals surface area (Å²) in [5.41, 5.74) is 0. The van der Waals surface area contributed by atoms with Gasteiger partial charge in [0.25, 0.3) is 0 Å². The molecule has 76 valence electrons. The average Bonchev–Trinajstić information content (AvgIpc) is 2.41. The van der Waals surface area contributed by atoms with Crippen molar-refractivity contribution in [3.8, 4) is 0 Å². The molecule has 1 heterocycles. The number of carbonyl (C=O) groups excluding carboxylic acids is 1. The molecule has 13 heavy (non-hydrogen) atoms. The molecular formula is C8H14O5. The Morgan fingerprint density at radius 1 is 1.31 bits per heavy atom. The van der Waals surface area contributed by atoms with E-state index >= 15 is 0 Å². The van der Waals surface area contributed by atoms with Gasteiger partial charge in [0.05, 0.1) is 6.61 Å². The zero-order chi connectivity index (χ0) is 9.84. The smallest absolute Gasteiger partial charge is 0.338 e. The predicted molar refractivity (Wildman–Crippen MR) is 43.4 cm³/mol. The standard InChI is InChI=1S/C8H14O5/c1-10-4-5-6(11-2)7(12-3)8(9)13-5/h5-7H,4H2,1-3H3/t5-,6+,7-/m0/s1. The molecule has 0 aromatic carbocycles. The number of methoxy groups -OCH3 is 3. The molecule has 0 bridgehead atoms. The van der Waals surface area contributed by atoms with Crippen molar-refractivity contribution in [3.05, 3.63) is 0 Å². The minimum atomic E-state index is -0.634. The first-order valence-electron chi connectivity index (χ1n) is 3.99. The lowest BCUT2D eigenvalue weighted by molar-refractivity contribution is -0.149. The number of hydrogen-bond donors (Lipinski definition) is 0. The van der Waals surface area contributed by atoms with Crippen molar-refractivity contribution < 1.29 is 23.7 Å². The van der Waals surface area contributed by atoms with Gasteiger partial charge < -0.3 is 18.9 Å². The molecular weight excluding hydrogens is 176 g/mol. The van der Waals surface area contributed by atoms with E-state index < -0.39 is 12.1 Å². The van der Waals surface area contributed by atoms with Crippen molar-refractivity contribution in [3.63, 3.8) is 0 Å². The second kappa shape index (κ2) is 4.55. The maximum Gasteiger partial charge on any atom is 0.338 e. The monoisotopic (exact) mass is 190 g/mol. The van der Waals surface area contributed by atoms with E-state index in [-0.39, 0.29) is 12.2 Å². The number of esters is 1. The van der Waals surface area contributed by atoms with Gasteiger partial charge >= 0.3 is 5.97 Å². The normalized spacial score (nSPS) is 33.5. The highest BCUT2D eigenvalue weighted by Crippen LogP contribution is 2.20. The molecule has 0 unspecified atom stereocenters. The van der Waals surface area contributed by atoms with Gasteiger partial charge in [-0.05, 0) is 0 Å². The summed E-state index contributed by atoms with van der Waals surface area (Å²) in [6.07, 6.45) is -1.38. The molecule has 1 aliphatic heterocycles. The maximum atomic E-state index is 11.2. The molecule has 0 spiro atoms. The van der Waals surface area contributed by atoms with Crippen LogP contribution in [0.5, 0.6) is 0 Å². The third-order valence-corrected chi connectivity index (χ3v) is 2.02. The van der Waals surface area contributed by atoms with Gasteiger partial charge in [0.1, 0.15) is 6.10 Å². The van der Waals surface area contributed by atoms with Crippen molar-refractivity contribution in [2.75, 3.05) is 27.9 Å². The van der Waals surface area contributed by atoms with Crippen LogP contribution in [0.3, 0.4) is 0 Å². The SMILES string of the molecule is COC[C@@H]1OC(=O)[C@@H](OC)[C@@H]1OC. The highest BCUT2D eigenvalue weighted by atomic mass is 16.6. The quantitative estimate of drug-likeness (QED) is 0.564. The van der Waals surface area contributed by atoms with Crippen LogP contribution in [0.25, 0.3) is 0 Å². The summed E-state index contributed by atoms with van der Waals surface area (Å²) in [5, 5.41) is 0. The summed E-state index contributed by atoms with van der Waals surface area (Å²) >= 11 is 0. The maximum absolute atomic E-state index is 11.2. The number of carbonyl (C=O) groups is 1. The first-order chi connectivity index (χ1) is 6.24. The van der Waals surface area contributed by atoms with E-state index in [0.29, 0.717) is 6.61 Å². The number of ether oxygens (including phenoxy) is 4. The summed E-state index contributed by atoms with van der Waals surface area (Å²) in [5.74, 6) is -0.392. The molecule has 3 atom stereocenters. The van der Waals surface area contributed by atoms with E-state index in [1.54, 1.807) is 7.11 Å². The van der Waals surface area contributed by atoms with E-state index in [4.69, 9.17) is 18.9 Å². The molecule has 0 aromatic heterocycles. The lowest BCUT2D eigenvalue weighted by Crippen LogP contribution is -2.36.